The Hall–Kier alpha value is -3.56. The van der Waals surface area contributed by atoms with Crippen LogP contribution in [0.4, 0.5) is 5.69 Å². The summed E-state index contributed by atoms with van der Waals surface area (Å²) in [5.74, 6) is -0.900. The van der Waals surface area contributed by atoms with Gasteiger partial charge >= 0.3 is 0 Å². The van der Waals surface area contributed by atoms with Crippen molar-refractivity contribution in [3.05, 3.63) is 90.3 Å². The summed E-state index contributed by atoms with van der Waals surface area (Å²) in [4.78, 5) is 29.8. The van der Waals surface area contributed by atoms with Crippen LogP contribution in [-0.2, 0) is 21.2 Å². The summed E-state index contributed by atoms with van der Waals surface area (Å²) < 4.78 is 27.6. The van der Waals surface area contributed by atoms with Crippen molar-refractivity contribution in [3.8, 4) is 0 Å². The van der Waals surface area contributed by atoms with Crippen molar-refractivity contribution >= 4 is 27.5 Å². The van der Waals surface area contributed by atoms with Crippen molar-refractivity contribution in [2.45, 2.75) is 43.7 Å². The summed E-state index contributed by atoms with van der Waals surface area (Å²) >= 11 is 0. The first-order valence-electron chi connectivity index (χ1n) is 10.7. The Kier molecular flexibility index (Phi) is 7.80. The van der Waals surface area contributed by atoms with Crippen molar-refractivity contribution in [2.24, 2.45) is 0 Å². The van der Waals surface area contributed by atoms with Crippen molar-refractivity contribution in [2.75, 3.05) is 5.32 Å². The van der Waals surface area contributed by atoms with Crippen molar-refractivity contribution < 1.29 is 18.0 Å². The van der Waals surface area contributed by atoms with Gasteiger partial charge in [0.15, 0.2) is 0 Å². The lowest BCUT2D eigenvalue weighted by Gasteiger charge is -2.21. The van der Waals surface area contributed by atoms with Crippen LogP contribution in [-0.4, -0.2) is 36.8 Å². The second kappa shape index (κ2) is 10.6. The number of benzene rings is 2. The average molecular weight is 481 g/mol. The molecule has 0 spiro atoms. The van der Waals surface area contributed by atoms with Gasteiger partial charge in [-0.1, -0.05) is 36.4 Å². The molecule has 0 aliphatic rings. The molecule has 8 nitrogen and oxygen atoms in total. The summed E-state index contributed by atoms with van der Waals surface area (Å²) in [5.41, 5.74) is 0.861. The first kappa shape index (κ1) is 25.1. The molecule has 34 heavy (non-hydrogen) atoms. The largest absolute Gasteiger partial charge is 0.339 e. The fourth-order valence-corrected chi connectivity index (χ4v) is 4.62. The Balaban J connectivity index is 1.76. The molecular weight excluding hydrogens is 452 g/mol. The predicted molar refractivity (Wildman–Crippen MR) is 131 cm³/mol. The normalized spacial score (nSPS) is 12.6. The van der Waals surface area contributed by atoms with Gasteiger partial charge in [-0.05, 0) is 62.7 Å². The van der Waals surface area contributed by atoms with Crippen LogP contribution in [0, 0.1) is 0 Å². The zero-order valence-corrected chi connectivity index (χ0v) is 20.1. The van der Waals surface area contributed by atoms with Crippen LogP contribution in [0.25, 0.3) is 0 Å². The molecule has 0 fully saturated rings. The highest BCUT2D eigenvalue weighted by Gasteiger charge is 2.24. The molecule has 0 bridgehead atoms. The quantitative estimate of drug-likeness (QED) is 0.458. The number of amides is 2. The van der Waals surface area contributed by atoms with Gasteiger partial charge in [-0.15, -0.1) is 0 Å². The summed E-state index contributed by atoms with van der Waals surface area (Å²) in [6, 6.07) is 19.3. The molecule has 0 saturated heterocycles. The van der Waals surface area contributed by atoms with E-state index >= 15 is 0 Å². The van der Waals surface area contributed by atoms with E-state index in [-0.39, 0.29) is 17.0 Å². The molecule has 3 rings (SSSR count). The van der Waals surface area contributed by atoms with E-state index in [1.165, 1.54) is 30.5 Å². The van der Waals surface area contributed by atoms with Gasteiger partial charge in [-0.3, -0.25) is 14.6 Å². The van der Waals surface area contributed by atoms with Crippen LogP contribution in [0.15, 0.2) is 83.9 Å². The van der Waals surface area contributed by atoms with Gasteiger partial charge < -0.3 is 10.6 Å². The van der Waals surface area contributed by atoms with Gasteiger partial charge in [0.25, 0.3) is 5.91 Å². The van der Waals surface area contributed by atoms with E-state index in [1.807, 2.05) is 30.3 Å². The number of carbonyl (C=O) groups excluding carboxylic acids is 2. The zero-order valence-electron chi connectivity index (χ0n) is 19.3. The molecule has 3 N–H and O–H groups in total. The molecule has 1 heterocycles. The van der Waals surface area contributed by atoms with E-state index in [1.54, 1.807) is 39.0 Å². The van der Waals surface area contributed by atoms with Crippen molar-refractivity contribution in [3.63, 3.8) is 0 Å². The third-order valence-electron chi connectivity index (χ3n) is 4.67. The van der Waals surface area contributed by atoms with Crippen molar-refractivity contribution in [1.82, 2.24) is 15.0 Å². The third kappa shape index (κ3) is 7.23. The smallest absolute Gasteiger partial charge is 0.270 e. The molecule has 0 radical (unpaired) electrons. The van der Waals surface area contributed by atoms with E-state index in [0.29, 0.717) is 5.69 Å². The fourth-order valence-electron chi connectivity index (χ4n) is 3.20. The molecule has 0 aliphatic carbocycles. The highest BCUT2D eigenvalue weighted by Crippen LogP contribution is 2.17. The number of hydrogen-bond donors (Lipinski definition) is 3. The summed E-state index contributed by atoms with van der Waals surface area (Å²) in [5, 5.41) is 5.50. The molecule has 9 heteroatoms. The van der Waals surface area contributed by atoms with Gasteiger partial charge in [0.2, 0.25) is 15.9 Å². The number of sulfonamides is 1. The molecule has 178 valence electrons. The molecular formula is C25H28N4O4S. The highest BCUT2D eigenvalue weighted by atomic mass is 32.2. The van der Waals surface area contributed by atoms with Gasteiger partial charge in [-0.2, -0.15) is 0 Å². The second-order valence-electron chi connectivity index (χ2n) is 8.80. The SMILES string of the molecule is CC(C)(C)NS(=O)(=O)c1ccc(NC(=O)[C@H](Cc2ccccc2)NC(=O)c2ccccn2)cc1. The van der Waals surface area contributed by atoms with Crippen LogP contribution in [0.1, 0.15) is 36.8 Å². The van der Waals surface area contributed by atoms with Gasteiger partial charge in [0, 0.05) is 23.8 Å². The first-order valence-corrected chi connectivity index (χ1v) is 12.2. The highest BCUT2D eigenvalue weighted by molar-refractivity contribution is 7.89. The van der Waals surface area contributed by atoms with Gasteiger partial charge in [0.1, 0.15) is 11.7 Å². The lowest BCUT2D eigenvalue weighted by molar-refractivity contribution is -0.118. The Labute approximate surface area is 199 Å². The van der Waals surface area contributed by atoms with E-state index in [4.69, 9.17) is 0 Å². The number of pyridine rings is 1. The number of anilines is 1. The molecule has 2 amide bonds. The lowest BCUT2D eigenvalue weighted by atomic mass is 10.0. The summed E-state index contributed by atoms with van der Waals surface area (Å²) in [6.45, 7) is 5.27. The Morgan fingerprint density at radius 2 is 1.56 bits per heavy atom. The minimum atomic E-state index is -3.69. The predicted octanol–water partition coefficient (Wildman–Crippen LogP) is 3.14. The standard InChI is InChI=1S/C25H28N4O4S/c1-25(2,3)29-34(32,33)20-14-12-19(13-15-20)27-24(31)22(17-18-9-5-4-6-10-18)28-23(30)21-11-7-8-16-26-21/h4-16,22,29H,17H2,1-3H3,(H,27,31)(H,28,30)/t22-/m0/s1. The number of rotatable bonds is 8. The molecule has 0 saturated carbocycles. The maximum absolute atomic E-state index is 13.1. The Morgan fingerprint density at radius 3 is 2.15 bits per heavy atom. The van der Waals surface area contributed by atoms with E-state index < -0.39 is 33.4 Å². The van der Waals surface area contributed by atoms with E-state index in [2.05, 4.69) is 20.3 Å². The average Bonchev–Trinajstić information content (AvgIpc) is 2.78. The number of nitrogens with one attached hydrogen (secondary N) is 3. The molecule has 1 atom stereocenters. The van der Waals surface area contributed by atoms with Crippen LogP contribution in [0.5, 0.6) is 0 Å². The van der Waals surface area contributed by atoms with Crippen LogP contribution >= 0.6 is 0 Å². The maximum Gasteiger partial charge on any atom is 0.270 e. The summed E-state index contributed by atoms with van der Waals surface area (Å²) in [7, 11) is -3.69. The summed E-state index contributed by atoms with van der Waals surface area (Å²) in [6.07, 6.45) is 1.78. The Morgan fingerprint density at radius 1 is 0.912 bits per heavy atom. The topological polar surface area (TPSA) is 117 Å². The molecule has 1 aromatic heterocycles. The van der Waals surface area contributed by atoms with Crippen LogP contribution in [0.3, 0.4) is 0 Å². The number of aromatic nitrogens is 1. The number of carbonyl (C=O) groups is 2. The van der Waals surface area contributed by atoms with Crippen molar-refractivity contribution in [1.29, 1.82) is 0 Å². The minimum absolute atomic E-state index is 0.0877. The maximum atomic E-state index is 13.1. The third-order valence-corrected chi connectivity index (χ3v) is 6.45. The Bertz CT molecular complexity index is 1220. The fraction of sp³-hybridized carbons (Fsp3) is 0.240. The number of hydrogen-bond acceptors (Lipinski definition) is 5. The monoisotopic (exact) mass is 480 g/mol. The van der Waals surface area contributed by atoms with Crippen LogP contribution < -0.4 is 15.4 Å². The molecule has 0 aliphatic heterocycles. The number of nitrogens with zero attached hydrogens (tertiary/aromatic N) is 1. The molecule has 0 unspecified atom stereocenters. The first-order chi connectivity index (χ1) is 16.0. The zero-order chi connectivity index (χ0) is 24.8. The second-order valence-corrected chi connectivity index (χ2v) is 10.5. The minimum Gasteiger partial charge on any atom is -0.339 e. The molecule has 2 aromatic carbocycles. The van der Waals surface area contributed by atoms with Crippen LogP contribution in [0.2, 0.25) is 0 Å². The lowest BCUT2D eigenvalue weighted by Crippen LogP contribution is -2.45. The van der Waals surface area contributed by atoms with E-state index in [9.17, 15) is 18.0 Å². The van der Waals surface area contributed by atoms with Gasteiger partial charge in [0.05, 0.1) is 4.90 Å². The molecule has 3 aromatic rings. The van der Waals surface area contributed by atoms with E-state index in [0.717, 1.165) is 5.56 Å². The van der Waals surface area contributed by atoms with Gasteiger partial charge in [-0.25, -0.2) is 13.1 Å².